The normalized spacial score (nSPS) is 22.6. The van der Waals surface area contributed by atoms with E-state index >= 15 is 0 Å². The molecule has 4 nitrogen and oxygen atoms in total. The van der Waals surface area contributed by atoms with Crippen LogP contribution in [-0.4, -0.2) is 20.3 Å². The number of rotatable bonds is 4. The molecule has 1 aliphatic heterocycles. The predicted molar refractivity (Wildman–Crippen MR) is 103 cm³/mol. The fourth-order valence-electron chi connectivity index (χ4n) is 3.04. The van der Waals surface area contributed by atoms with Crippen LogP contribution in [0.25, 0.3) is 11.0 Å². The molecule has 2 aromatic rings. The molecule has 0 radical (unpaired) electrons. The largest absolute Gasteiger partial charge is 0.459 e. The number of amides is 1. The average Bonchev–Trinajstić information content (AvgIpc) is 2.87. The summed E-state index contributed by atoms with van der Waals surface area (Å²) in [4.78, 5) is 12.2. The molecule has 3 atom stereocenters. The van der Waals surface area contributed by atoms with Crippen LogP contribution in [0.15, 0.2) is 28.7 Å². The minimum atomic E-state index is -1.95. The Kier molecular flexibility index (Phi) is 4.54. The summed E-state index contributed by atoms with van der Waals surface area (Å²) in [6.45, 7) is 13.0. The number of furan rings is 1. The highest BCUT2D eigenvalue weighted by atomic mass is 35.5. The van der Waals surface area contributed by atoms with Crippen LogP contribution in [0.3, 0.4) is 0 Å². The first-order valence-corrected chi connectivity index (χ1v) is 12.0. The van der Waals surface area contributed by atoms with Crippen molar-refractivity contribution in [2.45, 2.75) is 58.0 Å². The Morgan fingerprint density at radius 1 is 1.32 bits per heavy atom. The second-order valence-electron chi connectivity index (χ2n) is 8.40. The third-order valence-corrected chi connectivity index (χ3v) is 10.5. The lowest BCUT2D eigenvalue weighted by atomic mass is 9.84. The van der Waals surface area contributed by atoms with Crippen molar-refractivity contribution in [1.29, 1.82) is 0 Å². The Hall–Kier alpha value is -1.30. The van der Waals surface area contributed by atoms with Gasteiger partial charge in [0.1, 0.15) is 17.4 Å². The van der Waals surface area contributed by atoms with E-state index < -0.39 is 8.32 Å². The Bertz CT molecular complexity index is 809. The van der Waals surface area contributed by atoms with E-state index in [-0.39, 0.29) is 29.0 Å². The molecule has 2 heterocycles. The predicted octanol–water partition coefficient (Wildman–Crippen LogP) is 5.28. The zero-order chi connectivity index (χ0) is 18.6. The monoisotopic (exact) mass is 379 g/mol. The number of carbonyl (C=O) groups excluding carboxylic acids is 1. The van der Waals surface area contributed by atoms with Gasteiger partial charge in [0.25, 0.3) is 0 Å². The highest BCUT2D eigenvalue weighted by Crippen LogP contribution is 2.42. The molecule has 0 spiro atoms. The highest BCUT2D eigenvalue weighted by Gasteiger charge is 2.49. The van der Waals surface area contributed by atoms with Gasteiger partial charge in [-0.05, 0) is 43.3 Å². The summed E-state index contributed by atoms with van der Waals surface area (Å²) in [6.07, 6.45) is -0.164. The lowest BCUT2D eigenvalue weighted by Gasteiger charge is -2.44. The molecule has 25 heavy (non-hydrogen) atoms. The quantitative estimate of drug-likeness (QED) is 0.580. The zero-order valence-electron chi connectivity index (χ0n) is 15.6. The number of carbonyl (C=O) groups is 1. The van der Waals surface area contributed by atoms with Crippen molar-refractivity contribution in [3.63, 3.8) is 0 Å². The number of hydrogen-bond donors (Lipinski definition) is 1. The third kappa shape index (κ3) is 3.25. The van der Waals surface area contributed by atoms with Gasteiger partial charge in [0.05, 0.1) is 17.0 Å². The molecule has 1 aromatic heterocycles. The summed E-state index contributed by atoms with van der Waals surface area (Å²) < 4.78 is 12.4. The fourth-order valence-corrected chi connectivity index (χ4v) is 4.69. The van der Waals surface area contributed by atoms with Crippen LogP contribution in [0.4, 0.5) is 0 Å². The van der Waals surface area contributed by atoms with Crippen molar-refractivity contribution in [2.75, 3.05) is 0 Å². The molecule has 1 N–H and O–H groups in total. The second kappa shape index (κ2) is 6.15. The Labute approximate surface area is 155 Å². The van der Waals surface area contributed by atoms with Crippen LogP contribution in [-0.2, 0) is 9.22 Å². The first kappa shape index (κ1) is 18.5. The maximum Gasteiger partial charge on any atom is 0.228 e. The van der Waals surface area contributed by atoms with E-state index in [1.807, 2.05) is 31.2 Å². The number of nitrogens with one attached hydrogen (secondary N) is 1. The fraction of sp³-hybridized carbons (Fsp3) is 0.526. The molecule has 3 rings (SSSR count). The van der Waals surface area contributed by atoms with E-state index in [0.29, 0.717) is 5.02 Å². The van der Waals surface area contributed by atoms with Crippen LogP contribution < -0.4 is 5.32 Å². The van der Waals surface area contributed by atoms with Gasteiger partial charge in [0.15, 0.2) is 8.32 Å². The summed E-state index contributed by atoms with van der Waals surface area (Å²) >= 11 is 6.23. The van der Waals surface area contributed by atoms with E-state index in [0.717, 1.165) is 16.7 Å². The van der Waals surface area contributed by atoms with E-state index in [1.165, 1.54) is 0 Å². The van der Waals surface area contributed by atoms with Crippen LogP contribution in [0.1, 0.15) is 39.5 Å². The summed E-state index contributed by atoms with van der Waals surface area (Å²) in [7, 11) is -1.95. The summed E-state index contributed by atoms with van der Waals surface area (Å²) in [6, 6.07) is 7.33. The summed E-state index contributed by atoms with van der Waals surface area (Å²) in [5.74, 6) is 0.509. The molecular weight excluding hydrogens is 354 g/mol. The molecule has 1 fully saturated rings. The Morgan fingerprint density at radius 2 is 2.00 bits per heavy atom. The van der Waals surface area contributed by atoms with Crippen LogP contribution in [0.2, 0.25) is 23.2 Å². The van der Waals surface area contributed by atoms with Crippen molar-refractivity contribution in [3.05, 3.63) is 35.0 Å². The first-order valence-electron chi connectivity index (χ1n) is 8.67. The lowest BCUT2D eigenvalue weighted by Crippen LogP contribution is -2.58. The molecule has 1 amide bonds. The summed E-state index contributed by atoms with van der Waals surface area (Å²) in [5, 5.41) is 4.58. The van der Waals surface area contributed by atoms with Crippen molar-refractivity contribution >= 4 is 36.8 Å². The van der Waals surface area contributed by atoms with Crippen LogP contribution >= 0.6 is 11.6 Å². The van der Waals surface area contributed by atoms with Gasteiger partial charge >= 0.3 is 0 Å². The molecule has 136 valence electrons. The molecule has 1 saturated heterocycles. The van der Waals surface area contributed by atoms with Crippen molar-refractivity contribution in [1.82, 2.24) is 5.32 Å². The molecule has 1 unspecified atom stereocenters. The number of fused-ring (bicyclic) bond motifs is 1. The lowest BCUT2D eigenvalue weighted by molar-refractivity contribution is -0.140. The van der Waals surface area contributed by atoms with Gasteiger partial charge in [-0.3, -0.25) is 4.79 Å². The van der Waals surface area contributed by atoms with Crippen LogP contribution in [0.5, 0.6) is 0 Å². The maximum absolute atomic E-state index is 12.2. The van der Waals surface area contributed by atoms with Gasteiger partial charge < -0.3 is 14.2 Å². The highest BCUT2D eigenvalue weighted by molar-refractivity contribution is 6.74. The van der Waals surface area contributed by atoms with Gasteiger partial charge in [-0.15, -0.1) is 0 Å². The smallest absolute Gasteiger partial charge is 0.228 e. The van der Waals surface area contributed by atoms with Crippen molar-refractivity contribution in [3.8, 4) is 0 Å². The van der Waals surface area contributed by atoms with Gasteiger partial charge in [-0.2, -0.15) is 0 Å². The average molecular weight is 380 g/mol. The molecule has 0 saturated carbocycles. The van der Waals surface area contributed by atoms with Crippen molar-refractivity contribution in [2.24, 2.45) is 5.92 Å². The molecule has 1 aromatic carbocycles. The number of β-lactam (4-membered cyclic amide) rings is 1. The van der Waals surface area contributed by atoms with Crippen molar-refractivity contribution < 1.29 is 13.6 Å². The molecule has 1 aliphatic rings. The van der Waals surface area contributed by atoms with Gasteiger partial charge in [-0.1, -0.05) is 38.4 Å². The third-order valence-electron chi connectivity index (χ3n) is 5.59. The number of benzene rings is 1. The second-order valence-corrected chi connectivity index (χ2v) is 13.6. The van der Waals surface area contributed by atoms with E-state index in [9.17, 15) is 4.79 Å². The zero-order valence-corrected chi connectivity index (χ0v) is 17.4. The topological polar surface area (TPSA) is 51.5 Å². The number of hydrogen-bond acceptors (Lipinski definition) is 3. The van der Waals surface area contributed by atoms with Gasteiger partial charge in [0, 0.05) is 5.39 Å². The van der Waals surface area contributed by atoms with Gasteiger partial charge in [0.2, 0.25) is 5.91 Å². The minimum Gasteiger partial charge on any atom is -0.459 e. The standard InChI is InChI=1S/C19H26ClNO3Si/c1-11(24-25(5,6)19(2,3)4)16-17(21-18(16)22)15-10-12-13(20)8-7-9-14(12)23-15/h7-11,16-17H,1-6H3,(H,21,22)/t11?,16-,17-/m0/s1. The Balaban J connectivity index is 1.83. The minimum absolute atomic E-state index is 0.0164. The van der Waals surface area contributed by atoms with Gasteiger partial charge in [-0.25, -0.2) is 0 Å². The molecule has 0 aliphatic carbocycles. The Morgan fingerprint density at radius 3 is 2.56 bits per heavy atom. The van der Waals surface area contributed by atoms with E-state index in [1.54, 1.807) is 0 Å². The maximum atomic E-state index is 12.2. The molecule has 6 heteroatoms. The van der Waals surface area contributed by atoms with E-state index in [4.69, 9.17) is 20.4 Å². The summed E-state index contributed by atoms with van der Waals surface area (Å²) in [5.41, 5.74) is 0.736. The first-order chi connectivity index (χ1) is 11.5. The van der Waals surface area contributed by atoms with E-state index in [2.05, 4.69) is 39.2 Å². The molecule has 0 bridgehead atoms. The van der Waals surface area contributed by atoms with Crippen LogP contribution in [0, 0.1) is 5.92 Å². The molecular formula is C19H26ClNO3Si. The SMILES string of the molecule is CC(O[Si](C)(C)C(C)(C)C)[C@@H]1C(=O)N[C@H]1c1cc2c(Cl)cccc2o1. The number of halogens is 1.